The zero-order valence-corrected chi connectivity index (χ0v) is 9.95. The summed E-state index contributed by atoms with van der Waals surface area (Å²) in [6.07, 6.45) is 3.85. The van der Waals surface area contributed by atoms with Crippen molar-refractivity contribution in [2.75, 3.05) is 6.61 Å². The first-order chi connectivity index (χ1) is 7.15. The van der Waals surface area contributed by atoms with Gasteiger partial charge in [-0.3, -0.25) is 4.79 Å². The smallest absolute Gasteiger partial charge is 0.323 e. The molecule has 0 amide bonds. The van der Waals surface area contributed by atoms with Crippen LogP contribution in [-0.2, 0) is 9.53 Å². The van der Waals surface area contributed by atoms with Crippen molar-refractivity contribution < 1.29 is 9.53 Å². The monoisotopic (exact) mass is 211 g/mol. The molecule has 0 spiro atoms. The Labute approximate surface area is 92.4 Å². The van der Waals surface area contributed by atoms with Gasteiger partial charge in [0, 0.05) is 0 Å². The highest BCUT2D eigenvalue weighted by molar-refractivity contribution is 5.75. The molecule has 0 aromatic carbocycles. The molecule has 3 heteroatoms. The van der Waals surface area contributed by atoms with E-state index >= 15 is 0 Å². The molecule has 0 N–H and O–H groups in total. The lowest BCUT2D eigenvalue weighted by Crippen LogP contribution is -2.17. The maximum absolute atomic E-state index is 11.3. The highest BCUT2D eigenvalue weighted by Gasteiger charge is 2.19. The Kier molecular flexibility index (Phi) is 7.71. The molecule has 0 rings (SSSR count). The van der Waals surface area contributed by atoms with Crippen LogP contribution in [0.3, 0.4) is 0 Å². The van der Waals surface area contributed by atoms with Crippen LogP contribution in [0.15, 0.2) is 0 Å². The summed E-state index contributed by atoms with van der Waals surface area (Å²) in [5, 5.41) is 8.82. The number of carbonyl (C=O) groups is 1. The standard InChI is InChI=1S/C12H21NO2/c1-4-6-10(3)7-8-11(9-13)12(14)15-5-2/h10-11H,4-8H2,1-3H3. The second-order valence-corrected chi connectivity index (χ2v) is 3.90. The number of nitriles is 1. The second kappa shape index (κ2) is 8.28. The molecule has 0 fully saturated rings. The van der Waals surface area contributed by atoms with Gasteiger partial charge in [0.2, 0.25) is 0 Å². The van der Waals surface area contributed by atoms with E-state index in [4.69, 9.17) is 10.00 Å². The fourth-order valence-corrected chi connectivity index (χ4v) is 1.57. The Morgan fingerprint density at radius 1 is 1.33 bits per heavy atom. The van der Waals surface area contributed by atoms with Crippen LogP contribution < -0.4 is 0 Å². The quantitative estimate of drug-likeness (QED) is 0.608. The van der Waals surface area contributed by atoms with E-state index in [1.807, 2.05) is 6.07 Å². The minimum absolute atomic E-state index is 0.349. The van der Waals surface area contributed by atoms with Gasteiger partial charge in [-0.05, 0) is 25.7 Å². The third-order valence-electron chi connectivity index (χ3n) is 2.46. The van der Waals surface area contributed by atoms with Crippen LogP contribution >= 0.6 is 0 Å². The van der Waals surface area contributed by atoms with E-state index in [1.54, 1.807) is 6.92 Å². The van der Waals surface area contributed by atoms with Gasteiger partial charge in [-0.15, -0.1) is 0 Å². The Hall–Kier alpha value is -1.04. The van der Waals surface area contributed by atoms with Crippen molar-refractivity contribution in [2.24, 2.45) is 11.8 Å². The summed E-state index contributed by atoms with van der Waals surface area (Å²) in [6, 6.07) is 2.01. The lowest BCUT2D eigenvalue weighted by Gasteiger charge is -2.12. The third kappa shape index (κ3) is 6.11. The van der Waals surface area contributed by atoms with Crippen LogP contribution in [0.25, 0.3) is 0 Å². The zero-order chi connectivity index (χ0) is 11.7. The molecule has 0 aliphatic heterocycles. The first-order valence-corrected chi connectivity index (χ1v) is 5.71. The molecular formula is C12H21NO2. The minimum Gasteiger partial charge on any atom is -0.465 e. The van der Waals surface area contributed by atoms with Crippen LogP contribution in [0.5, 0.6) is 0 Å². The van der Waals surface area contributed by atoms with Crippen LogP contribution in [0.4, 0.5) is 0 Å². The molecule has 2 atom stereocenters. The van der Waals surface area contributed by atoms with Crippen molar-refractivity contribution >= 4 is 5.97 Å². The topological polar surface area (TPSA) is 50.1 Å². The summed E-state index contributed by atoms with van der Waals surface area (Å²) >= 11 is 0. The van der Waals surface area contributed by atoms with Gasteiger partial charge < -0.3 is 4.74 Å². The fraction of sp³-hybridized carbons (Fsp3) is 0.833. The molecule has 0 bridgehead atoms. The molecule has 15 heavy (non-hydrogen) atoms. The Morgan fingerprint density at radius 3 is 2.47 bits per heavy atom. The summed E-state index contributed by atoms with van der Waals surface area (Å²) in [6.45, 7) is 6.40. The lowest BCUT2D eigenvalue weighted by atomic mass is 9.95. The highest BCUT2D eigenvalue weighted by Crippen LogP contribution is 2.17. The Bertz CT molecular complexity index is 220. The lowest BCUT2D eigenvalue weighted by molar-refractivity contribution is -0.146. The number of rotatable bonds is 7. The average molecular weight is 211 g/mol. The number of esters is 1. The molecule has 0 saturated heterocycles. The molecule has 0 aromatic rings. The molecule has 86 valence electrons. The van der Waals surface area contributed by atoms with Crippen LogP contribution in [0.1, 0.15) is 46.5 Å². The molecule has 2 unspecified atom stereocenters. The molecule has 0 aliphatic carbocycles. The first-order valence-electron chi connectivity index (χ1n) is 5.71. The van der Waals surface area contributed by atoms with E-state index in [1.165, 1.54) is 0 Å². The largest absolute Gasteiger partial charge is 0.465 e. The molecule has 0 radical (unpaired) electrons. The van der Waals surface area contributed by atoms with Gasteiger partial charge in [0.05, 0.1) is 12.7 Å². The Balaban J connectivity index is 3.90. The predicted molar refractivity (Wildman–Crippen MR) is 59.0 cm³/mol. The van der Waals surface area contributed by atoms with Crippen LogP contribution in [-0.4, -0.2) is 12.6 Å². The van der Waals surface area contributed by atoms with E-state index in [2.05, 4.69) is 13.8 Å². The molecule has 0 aromatic heterocycles. The SMILES string of the molecule is CCCC(C)CCC(C#N)C(=O)OCC. The van der Waals surface area contributed by atoms with Crippen LogP contribution in [0.2, 0.25) is 0 Å². The van der Waals surface area contributed by atoms with Crippen molar-refractivity contribution in [3.05, 3.63) is 0 Å². The summed E-state index contributed by atoms with van der Waals surface area (Å²) in [5.74, 6) is -0.367. The van der Waals surface area contributed by atoms with Gasteiger partial charge >= 0.3 is 5.97 Å². The number of ether oxygens (including phenoxy) is 1. The number of hydrogen-bond acceptors (Lipinski definition) is 3. The molecule has 0 aliphatic rings. The van der Waals surface area contributed by atoms with E-state index in [0.717, 1.165) is 19.3 Å². The summed E-state index contributed by atoms with van der Waals surface area (Å²) in [7, 11) is 0. The third-order valence-corrected chi connectivity index (χ3v) is 2.46. The van der Waals surface area contributed by atoms with Crippen molar-refractivity contribution in [2.45, 2.75) is 46.5 Å². The number of hydrogen-bond donors (Lipinski definition) is 0. The predicted octanol–water partition coefficient (Wildman–Crippen LogP) is 2.91. The normalized spacial score (nSPS) is 14.0. The van der Waals surface area contributed by atoms with E-state index in [-0.39, 0.29) is 5.97 Å². The average Bonchev–Trinajstić information content (AvgIpc) is 2.19. The summed E-state index contributed by atoms with van der Waals surface area (Å²) in [5.41, 5.74) is 0. The maximum Gasteiger partial charge on any atom is 0.323 e. The fourth-order valence-electron chi connectivity index (χ4n) is 1.57. The van der Waals surface area contributed by atoms with Gasteiger partial charge in [-0.25, -0.2) is 0 Å². The van der Waals surface area contributed by atoms with Crippen molar-refractivity contribution in [1.29, 1.82) is 5.26 Å². The van der Waals surface area contributed by atoms with Gasteiger partial charge in [0.15, 0.2) is 0 Å². The van der Waals surface area contributed by atoms with Gasteiger partial charge in [0.25, 0.3) is 0 Å². The van der Waals surface area contributed by atoms with E-state index < -0.39 is 5.92 Å². The molecule has 0 heterocycles. The Morgan fingerprint density at radius 2 is 2.00 bits per heavy atom. The summed E-state index contributed by atoms with van der Waals surface area (Å²) in [4.78, 5) is 11.3. The van der Waals surface area contributed by atoms with E-state index in [9.17, 15) is 4.79 Å². The van der Waals surface area contributed by atoms with Crippen molar-refractivity contribution in [3.8, 4) is 6.07 Å². The maximum atomic E-state index is 11.3. The van der Waals surface area contributed by atoms with Gasteiger partial charge in [0.1, 0.15) is 5.92 Å². The highest BCUT2D eigenvalue weighted by atomic mass is 16.5. The molecular weight excluding hydrogens is 190 g/mol. The molecule has 3 nitrogen and oxygen atoms in total. The molecule has 0 saturated carbocycles. The van der Waals surface area contributed by atoms with Crippen LogP contribution in [0, 0.1) is 23.2 Å². The number of carbonyl (C=O) groups excluding carboxylic acids is 1. The summed E-state index contributed by atoms with van der Waals surface area (Å²) < 4.78 is 4.83. The van der Waals surface area contributed by atoms with Gasteiger partial charge in [-0.2, -0.15) is 5.26 Å². The first kappa shape index (κ1) is 14.0. The minimum atomic E-state index is -0.579. The zero-order valence-electron chi connectivity index (χ0n) is 9.95. The van der Waals surface area contributed by atoms with E-state index in [0.29, 0.717) is 18.9 Å². The second-order valence-electron chi connectivity index (χ2n) is 3.90. The van der Waals surface area contributed by atoms with Gasteiger partial charge in [-0.1, -0.05) is 26.7 Å². The number of nitrogens with zero attached hydrogens (tertiary/aromatic N) is 1. The van der Waals surface area contributed by atoms with Crippen molar-refractivity contribution in [1.82, 2.24) is 0 Å². The van der Waals surface area contributed by atoms with Crippen molar-refractivity contribution in [3.63, 3.8) is 0 Å².